The van der Waals surface area contributed by atoms with Crippen LogP contribution in [0.4, 0.5) is 13.2 Å². The van der Waals surface area contributed by atoms with Crippen LogP contribution in [0.15, 0.2) is 0 Å². The Morgan fingerprint density at radius 2 is 2.10 bits per heavy atom. The lowest BCUT2D eigenvalue weighted by Gasteiger charge is -2.11. The van der Waals surface area contributed by atoms with Crippen LogP contribution in [-0.4, -0.2) is 32.4 Å². The Bertz CT molecular complexity index is 637. The van der Waals surface area contributed by atoms with Crippen molar-refractivity contribution in [3.05, 3.63) is 10.8 Å². The molecule has 0 aliphatic carbocycles. The minimum atomic E-state index is -4.64. The van der Waals surface area contributed by atoms with Crippen LogP contribution >= 0.6 is 11.3 Å². The van der Waals surface area contributed by atoms with Crippen molar-refractivity contribution in [2.75, 3.05) is 6.61 Å². The molecule has 2 aromatic heterocycles. The van der Waals surface area contributed by atoms with E-state index in [4.69, 9.17) is 4.74 Å². The third-order valence-corrected chi connectivity index (χ3v) is 3.72. The number of hydrogen-bond donors (Lipinski definition) is 0. The summed E-state index contributed by atoms with van der Waals surface area (Å²) in [6.07, 6.45) is -3.52. The molecule has 0 bridgehead atoms. The van der Waals surface area contributed by atoms with Gasteiger partial charge in [-0.15, -0.1) is 10.2 Å². The molecule has 0 saturated heterocycles. The van der Waals surface area contributed by atoms with Crippen molar-refractivity contribution in [3.8, 4) is 0 Å². The van der Waals surface area contributed by atoms with E-state index in [1.807, 2.05) is 6.92 Å². The summed E-state index contributed by atoms with van der Waals surface area (Å²) in [5.41, 5.74) is 0. The second kappa shape index (κ2) is 5.96. The number of fused-ring (bicyclic) bond motifs is 1. The Morgan fingerprint density at radius 1 is 1.38 bits per heavy atom. The first-order valence-corrected chi connectivity index (χ1v) is 7.16. The number of carbonyl (C=O) groups is 1. The predicted molar refractivity (Wildman–Crippen MR) is 67.9 cm³/mol. The van der Waals surface area contributed by atoms with Crippen molar-refractivity contribution in [2.24, 2.45) is 0 Å². The van der Waals surface area contributed by atoms with Crippen LogP contribution < -0.4 is 0 Å². The molecule has 1 unspecified atom stereocenters. The summed E-state index contributed by atoms with van der Waals surface area (Å²) in [5, 5.41) is 10.6. The SMILES string of the molecule is CCCC(C(=O)OCC)c1nn2c(C(F)(F)F)nnc2s1. The van der Waals surface area contributed by atoms with Gasteiger partial charge in [0, 0.05) is 0 Å². The van der Waals surface area contributed by atoms with Crippen molar-refractivity contribution < 1.29 is 22.7 Å². The number of aromatic nitrogens is 4. The third-order valence-electron chi connectivity index (χ3n) is 2.71. The fourth-order valence-corrected chi connectivity index (χ4v) is 2.78. The molecular weight excluding hydrogens is 309 g/mol. The molecule has 2 aromatic rings. The highest BCUT2D eigenvalue weighted by molar-refractivity contribution is 7.16. The number of carbonyl (C=O) groups excluding carboxylic acids is 1. The molecule has 0 spiro atoms. The van der Waals surface area contributed by atoms with Crippen LogP contribution in [-0.2, 0) is 15.7 Å². The largest absolute Gasteiger partial charge is 0.465 e. The van der Waals surface area contributed by atoms with Crippen LogP contribution in [0, 0.1) is 0 Å². The Hall–Kier alpha value is -1.71. The van der Waals surface area contributed by atoms with E-state index in [-0.39, 0.29) is 16.6 Å². The lowest BCUT2D eigenvalue weighted by molar-refractivity contribution is -0.146. The second-order valence-electron chi connectivity index (χ2n) is 4.25. The molecule has 0 aliphatic rings. The van der Waals surface area contributed by atoms with E-state index >= 15 is 0 Å². The smallest absolute Gasteiger partial charge is 0.453 e. The third kappa shape index (κ3) is 3.14. The van der Waals surface area contributed by atoms with Gasteiger partial charge in [-0.2, -0.15) is 22.8 Å². The van der Waals surface area contributed by atoms with Crippen molar-refractivity contribution in [1.82, 2.24) is 19.8 Å². The fourth-order valence-electron chi connectivity index (χ4n) is 1.82. The van der Waals surface area contributed by atoms with Crippen LogP contribution in [0.1, 0.15) is 43.4 Å². The van der Waals surface area contributed by atoms with E-state index in [1.54, 1.807) is 6.92 Å². The van der Waals surface area contributed by atoms with Gasteiger partial charge in [-0.1, -0.05) is 24.7 Å². The summed E-state index contributed by atoms with van der Waals surface area (Å²) in [6, 6.07) is 0. The van der Waals surface area contributed by atoms with Crippen molar-refractivity contribution >= 4 is 22.3 Å². The molecule has 2 heterocycles. The van der Waals surface area contributed by atoms with Crippen LogP contribution in [0.3, 0.4) is 0 Å². The second-order valence-corrected chi connectivity index (χ2v) is 5.24. The molecule has 116 valence electrons. The maximum atomic E-state index is 12.7. The highest BCUT2D eigenvalue weighted by Crippen LogP contribution is 2.32. The number of hydrogen-bond acceptors (Lipinski definition) is 6. The molecule has 0 saturated carbocycles. The summed E-state index contributed by atoms with van der Waals surface area (Å²) in [4.78, 5) is 11.9. The predicted octanol–water partition coefficient (Wildman–Crippen LogP) is 2.65. The van der Waals surface area contributed by atoms with Gasteiger partial charge >= 0.3 is 12.1 Å². The first-order valence-electron chi connectivity index (χ1n) is 6.34. The Kier molecular flexibility index (Phi) is 4.45. The Labute approximate surface area is 121 Å². The van der Waals surface area contributed by atoms with Crippen molar-refractivity contribution in [1.29, 1.82) is 0 Å². The van der Waals surface area contributed by atoms with E-state index < -0.39 is 23.9 Å². The standard InChI is InChI=1S/C11H13F3N4O2S/c1-3-5-6(8(19)20-4-2)7-17-18-9(11(12,13)14)15-16-10(18)21-7/h6H,3-5H2,1-2H3. The number of ether oxygens (including phenoxy) is 1. The van der Waals surface area contributed by atoms with Gasteiger partial charge in [0.2, 0.25) is 4.96 Å². The van der Waals surface area contributed by atoms with Gasteiger partial charge in [0.25, 0.3) is 5.82 Å². The number of alkyl halides is 3. The van der Waals surface area contributed by atoms with Gasteiger partial charge in [0.15, 0.2) is 0 Å². The number of rotatable bonds is 5. The van der Waals surface area contributed by atoms with Gasteiger partial charge in [-0.25, -0.2) is 0 Å². The summed E-state index contributed by atoms with van der Waals surface area (Å²) in [7, 11) is 0. The normalized spacial score (nSPS) is 13.6. The Balaban J connectivity index is 2.40. The molecule has 0 radical (unpaired) electrons. The zero-order valence-electron chi connectivity index (χ0n) is 11.3. The highest BCUT2D eigenvalue weighted by Gasteiger charge is 2.39. The molecule has 0 aromatic carbocycles. The minimum Gasteiger partial charge on any atom is -0.465 e. The summed E-state index contributed by atoms with van der Waals surface area (Å²) >= 11 is 0.914. The topological polar surface area (TPSA) is 69.4 Å². The zero-order valence-corrected chi connectivity index (χ0v) is 12.2. The van der Waals surface area contributed by atoms with Gasteiger partial charge in [0.05, 0.1) is 6.61 Å². The summed E-state index contributed by atoms with van der Waals surface area (Å²) < 4.78 is 43.8. The summed E-state index contributed by atoms with van der Waals surface area (Å²) in [6.45, 7) is 3.74. The van der Waals surface area contributed by atoms with E-state index in [0.29, 0.717) is 17.4 Å². The molecular formula is C11H13F3N4O2S. The van der Waals surface area contributed by atoms with Crippen molar-refractivity contribution in [3.63, 3.8) is 0 Å². The van der Waals surface area contributed by atoms with E-state index in [1.165, 1.54) is 0 Å². The molecule has 0 N–H and O–H groups in total. The van der Waals surface area contributed by atoms with Crippen LogP contribution in [0.5, 0.6) is 0 Å². The molecule has 0 aliphatic heterocycles. The van der Waals surface area contributed by atoms with E-state index in [2.05, 4.69) is 15.3 Å². The van der Waals surface area contributed by atoms with Gasteiger partial charge in [-0.05, 0) is 13.3 Å². The number of nitrogens with zero attached hydrogens (tertiary/aromatic N) is 4. The van der Waals surface area contributed by atoms with Gasteiger partial charge in [-0.3, -0.25) is 4.79 Å². The van der Waals surface area contributed by atoms with Crippen LogP contribution in [0.2, 0.25) is 0 Å². The molecule has 0 amide bonds. The summed E-state index contributed by atoms with van der Waals surface area (Å²) in [5.74, 6) is -2.36. The maximum absolute atomic E-state index is 12.7. The molecule has 0 fully saturated rings. The molecule has 21 heavy (non-hydrogen) atoms. The maximum Gasteiger partial charge on any atom is 0.453 e. The lowest BCUT2D eigenvalue weighted by Crippen LogP contribution is -2.17. The van der Waals surface area contributed by atoms with E-state index in [0.717, 1.165) is 11.3 Å². The van der Waals surface area contributed by atoms with Gasteiger partial charge < -0.3 is 4.74 Å². The molecule has 2 rings (SSSR count). The minimum absolute atomic E-state index is 0.00252. The zero-order chi connectivity index (χ0) is 15.6. The highest BCUT2D eigenvalue weighted by atomic mass is 32.1. The number of esters is 1. The average Bonchev–Trinajstić information content (AvgIpc) is 2.94. The molecule has 6 nitrogen and oxygen atoms in total. The fraction of sp³-hybridized carbons (Fsp3) is 0.636. The lowest BCUT2D eigenvalue weighted by atomic mass is 10.1. The van der Waals surface area contributed by atoms with Crippen molar-refractivity contribution in [2.45, 2.75) is 38.8 Å². The van der Waals surface area contributed by atoms with Crippen LogP contribution in [0.25, 0.3) is 4.96 Å². The first-order chi connectivity index (χ1) is 9.88. The quantitative estimate of drug-likeness (QED) is 0.792. The van der Waals surface area contributed by atoms with Gasteiger partial charge in [0.1, 0.15) is 10.9 Å². The average molecular weight is 322 g/mol. The molecule has 10 heteroatoms. The number of halogens is 3. The Morgan fingerprint density at radius 3 is 2.67 bits per heavy atom. The monoisotopic (exact) mass is 322 g/mol. The molecule has 1 atom stereocenters. The van der Waals surface area contributed by atoms with E-state index in [9.17, 15) is 18.0 Å². The first kappa shape index (κ1) is 15.7.